The molecule has 1 aromatic heterocycles. The molecule has 0 radical (unpaired) electrons. The highest BCUT2D eigenvalue weighted by molar-refractivity contribution is 5.78. The molecule has 0 aliphatic heterocycles. The van der Waals surface area contributed by atoms with Crippen molar-refractivity contribution in [2.45, 2.75) is 40.0 Å². The van der Waals surface area contributed by atoms with Crippen molar-refractivity contribution in [3.05, 3.63) is 42.2 Å². The maximum Gasteiger partial charge on any atom is 0.314 e. The lowest BCUT2D eigenvalue weighted by atomic mass is 9.95. The molecule has 0 saturated heterocycles. The lowest BCUT2D eigenvalue weighted by molar-refractivity contribution is -0.152. The quantitative estimate of drug-likeness (QED) is 0.521. The predicted octanol–water partition coefficient (Wildman–Crippen LogP) is 4.10. The van der Waals surface area contributed by atoms with E-state index in [4.69, 9.17) is 14.9 Å². The van der Waals surface area contributed by atoms with Crippen molar-refractivity contribution in [2.24, 2.45) is 17.1 Å². The largest absolute Gasteiger partial charge is 0.475 e. The van der Waals surface area contributed by atoms with Gasteiger partial charge in [-0.25, -0.2) is 9.97 Å². The number of hydrogen-bond acceptors (Lipinski definition) is 7. The van der Waals surface area contributed by atoms with Gasteiger partial charge in [0.15, 0.2) is 0 Å². The van der Waals surface area contributed by atoms with Gasteiger partial charge in [-0.3, -0.25) is 4.79 Å². The van der Waals surface area contributed by atoms with Crippen molar-refractivity contribution in [3.63, 3.8) is 0 Å². The van der Waals surface area contributed by atoms with Gasteiger partial charge in [0.05, 0.1) is 30.6 Å². The van der Waals surface area contributed by atoms with E-state index in [9.17, 15) is 4.79 Å². The number of methoxy groups -OCH3 is 1. The standard InChI is InChI=1S/C17H19N3O3.C5H10.CH5N/c1-17(2,16(21)22-3)11-23-15-10-19-14(9-20-15)13-6-4-12(8-18)5-7-13;1-2-5-3-4-5;1-2/h4-10,18H,11H2,1-3H3;5H,2-4H2,1H3;2H2,1H3. The molecule has 0 spiro atoms. The molecule has 0 bridgehead atoms. The normalized spacial score (nSPS) is 12.5. The number of carbonyl (C=O) groups excluding carboxylic acids is 1. The van der Waals surface area contributed by atoms with E-state index in [2.05, 4.69) is 22.6 Å². The molecule has 3 rings (SSSR count). The van der Waals surface area contributed by atoms with E-state index in [1.54, 1.807) is 20.0 Å². The zero-order valence-corrected chi connectivity index (χ0v) is 18.6. The molecule has 164 valence electrons. The van der Waals surface area contributed by atoms with Crippen LogP contribution < -0.4 is 10.5 Å². The van der Waals surface area contributed by atoms with E-state index in [0.29, 0.717) is 11.6 Å². The van der Waals surface area contributed by atoms with E-state index in [1.165, 1.54) is 45.8 Å². The van der Waals surface area contributed by atoms with Crippen LogP contribution in [0.4, 0.5) is 0 Å². The van der Waals surface area contributed by atoms with Crippen molar-refractivity contribution in [1.82, 2.24) is 9.97 Å². The summed E-state index contributed by atoms with van der Waals surface area (Å²) in [4.78, 5) is 20.1. The third-order valence-corrected chi connectivity index (χ3v) is 4.59. The van der Waals surface area contributed by atoms with E-state index in [-0.39, 0.29) is 12.6 Å². The fraction of sp³-hybridized carbons (Fsp3) is 0.478. The number of ether oxygens (including phenoxy) is 2. The first-order chi connectivity index (χ1) is 14.4. The van der Waals surface area contributed by atoms with Crippen LogP contribution in [0.5, 0.6) is 5.88 Å². The fourth-order valence-electron chi connectivity index (χ4n) is 2.41. The minimum Gasteiger partial charge on any atom is -0.475 e. The number of benzene rings is 1. The van der Waals surface area contributed by atoms with E-state index < -0.39 is 5.41 Å². The predicted molar refractivity (Wildman–Crippen MR) is 120 cm³/mol. The highest BCUT2D eigenvalue weighted by atomic mass is 16.5. The average molecular weight is 415 g/mol. The van der Waals surface area contributed by atoms with E-state index in [0.717, 1.165) is 17.0 Å². The molecule has 2 aromatic rings. The number of esters is 1. The first-order valence-electron chi connectivity index (χ1n) is 10.1. The van der Waals surface area contributed by atoms with Crippen LogP contribution in [0.2, 0.25) is 0 Å². The van der Waals surface area contributed by atoms with Crippen LogP contribution in [0.1, 0.15) is 45.6 Å². The Labute approximate surface area is 179 Å². The summed E-state index contributed by atoms with van der Waals surface area (Å²) in [5.74, 6) is 1.14. The van der Waals surface area contributed by atoms with Gasteiger partial charge < -0.3 is 20.6 Å². The lowest BCUT2D eigenvalue weighted by Crippen LogP contribution is -2.32. The van der Waals surface area contributed by atoms with Crippen molar-refractivity contribution in [1.29, 1.82) is 5.41 Å². The number of nitrogens with two attached hydrogens (primary N) is 1. The second kappa shape index (κ2) is 12.7. The summed E-state index contributed by atoms with van der Waals surface area (Å²) in [6.45, 7) is 5.90. The van der Waals surface area contributed by atoms with Gasteiger partial charge >= 0.3 is 5.97 Å². The lowest BCUT2D eigenvalue weighted by Gasteiger charge is -2.21. The molecule has 1 aliphatic carbocycles. The van der Waals surface area contributed by atoms with Crippen molar-refractivity contribution >= 4 is 12.2 Å². The summed E-state index contributed by atoms with van der Waals surface area (Å²) in [6, 6.07) is 7.44. The fourth-order valence-corrected chi connectivity index (χ4v) is 2.41. The number of hydrogen-bond donors (Lipinski definition) is 2. The van der Waals surface area contributed by atoms with Crippen molar-refractivity contribution < 1.29 is 14.3 Å². The minimum atomic E-state index is -0.752. The van der Waals surface area contributed by atoms with Gasteiger partial charge in [-0.05, 0) is 32.4 Å². The molecule has 3 N–H and O–H groups in total. The average Bonchev–Trinajstić information content (AvgIpc) is 3.64. The Hall–Kier alpha value is -2.80. The maximum absolute atomic E-state index is 11.6. The molecule has 0 amide bonds. The Morgan fingerprint density at radius 3 is 2.23 bits per heavy atom. The van der Waals surface area contributed by atoms with Gasteiger partial charge in [0.2, 0.25) is 5.88 Å². The summed E-state index contributed by atoms with van der Waals surface area (Å²) < 4.78 is 10.2. The Kier molecular flexibility index (Phi) is 10.7. The van der Waals surface area contributed by atoms with Gasteiger partial charge in [-0.1, -0.05) is 50.5 Å². The van der Waals surface area contributed by atoms with Crippen molar-refractivity contribution in [2.75, 3.05) is 20.8 Å². The third-order valence-electron chi connectivity index (χ3n) is 4.59. The molecule has 1 heterocycles. The van der Waals surface area contributed by atoms with Crippen molar-refractivity contribution in [3.8, 4) is 17.1 Å². The SMILES string of the molecule is CCC1CC1.CN.COC(=O)C(C)(C)COc1cnc(-c2ccc(C=N)cc2)cn1. The van der Waals surface area contributed by atoms with Crippen LogP contribution in [0, 0.1) is 16.7 Å². The van der Waals surface area contributed by atoms with E-state index in [1.807, 2.05) is 24.3 Å². The Morgan fingerprint density at radius 1 is 1.20 bits per heavy atom. The molecule has 7 heteroatoms. The zero-order valence-electron chi connectivity index (χ0n) is 18.6. The van der Waals surface area contributed by atoms with Gasteiger partial charge in [0.1, 0.15) is 6.61 Å². The first kappa shape index (κ1) is 25.2. The molecule has 1 aliphatic rings. The Balaban J connectivity index is 0.000000550. The number of aromatic nitrogens is 2. The molecule has 30 heavy (non-hydrogen) atoms. The van der Waals surface area contributed by atoms with Crippen LogP contribution in [0.15, 0.2) is 36.7 Å². The summed E-state index contributed by atoms with van der Waals surface area (Å²) in [5, 5.41) is 7.19. The van der Waals surface area contributed by atoms with Gasteiger partial charge in [0, 0.05) is 11.8 Å². The van der Waals surface area contributed by atoms with Gasteiger partial charge in [-0.2, -0.15) is 0 Å². The second-order valence-corrected chi connectivity index (χ2v) is 7.52. The number of carbonyl (C=O) groups is 1. The van der Waals surface area contributed by atoms with Crippen LogP contribution in [-0.4, -0.2) is 42.9 Å². The van der Waals surface area contributed by atoms with Crippen LogP contribution in [0.25, 0.3) is 11.3 Å². The van der Waals surface area contributed by atoms with Gasteiger partial charge in [-0.15, -0.1) is 0 Å². The van der Waals surface area contributed by atoms with E-state index >= 15 is 0 Å². The molecule has 1 aromatic carbocycles. The van der Waals surface area contributed by atoms with Gasteiger partial charge in [0.25, 0.3) is 0 Å². The summed E-state index contributed by atoms with van der Waals surface area (Å²) in [5.41, 5.74) is 6.19. The molecular weight excluding hydrogens is 380 g/mol. The molecule has 1 fully saturated rings. The number of rotatable bonds is 7. The monoisotopic (exact) mass is 414 g/mol. The second-order valence-electron chi connectivity index (χ2n) is 7.52. The highest BCUT2D eigenvalue weighted by Gasteiger charge is 2.30. The Morgan fingerprint density at radius 2 is 1.83 bits per heavy atom. The zero-order chi connectivity index (χ0) is 22.6. The Bertz CT molecular complexity index is 770. The smallest absolute Gasteiger partial charge is 0.314 e. The summed E-state index contributed by atoms with van der Waals surface area (Å²) in [7, 11) is 2.85. The number of nitrogens with one attached hydrogen (secondary N) is 1. The number of nitrogens with zero attached hydrogens (tertiary/aromatic N) is 2. The maximum atomic E-state index is 11.6. The minimum absolute atomic E-state index is 0.154. The molecule has 0 atom stereocenters. The topological polar surface area (TPSA) is 111 Å². The molecule has 0 unspecified atom stereocenters. The summed E-state index contributed by atoms with van der Waals surface area (Å²) in [6.07, 6.45) is 8.86. The molecular formula is C23H34N4O3. The third kappa shape index (κ3) is 8.29. The van der Waals surface area contributed by atoms with Crippen LogP contribution in [0.3, 0.4) is 0 Å². The molecule has 1 saturated carbocycles. The van der Waals surface area contributed by atoms with Crippen LogP contribution in [-0.2, 0) is 9.53 Å². The highest BCUT2D eigenvalue weighted by Crippen LogP contribution is 2.31. The first-order valence-corrected chi connectivity index (χ1v) is 10.1. The summed E-state index contributed by atoms with van der Waals surface area (Å²) >= 11 is 0. The molecule has 7 nitrogen and oxygen atoms in total. The van der Waals surface area contributed by atoms with Crippen LogP contribution >= 0.6 is 0 Å².